The van der Waals surface area contributed by atoms with Crippen LogP contribution in [0.1, 0.15) is 30.7 Å². The number of rotatable bonds is 6. The highest BCUT2D eigenvalue weighted by Gasteiger charge is 2.81. The van der Waals surface area contributed by atoms with Crippen molar-refractivity contribution in [3.63, 3.8) is 0 Å². The molecule has 2 fully saturated rings. The first-order valence-electron chi connectivity index (χ1n) is 11.8. The van der Waals surface area contributed by atoms with E-state index in [9.17, 15) is 24.0 Å². The lowest BCUT2D eigenvalue weighted by Gasteiger charge is -2.44. The van der Waals surface area contributed by atoms with Crippen LogP contribution in [0.5, 0.6) is 5.75 Å². The third-order valence-corrected chi connectivity index (χ3v) is 8.73. The van der Waals surface area contributed by atoms with Gasteiger partial charge in [0.05, 0.1) is 35.5 Å². The van der Waals surface area contributed by atoms with Crippen molar-refractivity contribution < 1.29 is 47.7 Å². The van der Waals surface area contributed by atoms with Crippen LogP contribution in [0, 0.1) is 28.1 Å². The molecule has 3 aliphatic rings. The first-order chi connectivity index (χ1) is 17.6. The molecule has 0 radical (unpaired) electrons. The van der Waals surface area contributed by atoms with Gasteiger partial charge in [-0.3, -0.25) is 24.0 Å². The predicted molar refractivity (Wildman–Crippen MR) is 126 cm³/mol. The Balaban J connectivity index is 2.09. The molecule has 0 aliphatic heterocycles. The third-order valence-electron chi connectivity index (χ3n) is 8.73. The molecular formula is C27H30O10. The van der Waals surface area contributed by atoms with Gasteiger partial charge in [0.1, 0.15) is 5.75 Å². The summed E-state index contributed by atoms with van der Waals surface area (Å²) < 4.78 is 25.8. The average Bonchev–Trinajstić information content (AvgIpc) is 3.39. The van der Waals surface area contributed by atoms with E-state index in [1.807, 2.05) is 0 Å². The molecule has 0 bridgehead atoms. The van der Waals surface area contributed by atoms with E-state index in [1.165, 1.54) is 27.4 Å². The van der Waals surface area contributed by atoms with Crippen LogP contribution in [-0.4, -0.2) is 65.2 Å². The van der Waals surface area contributed by atoms with Gasteiger partial charge in [0.2, 0.25) is 0 Å². The number of allylic oxidation sites excluding steroid dienone is 2. The summed E-state index contributed by atoms with van der Waals surface area (Å²) in [6.45, 7) is 0. The van der Waals surface area contributed by atoms with E-state index in [0.29, 0.717) is 5.75 Å². The molecule has 1 aromatic carbocycles. The Morgan fingerprint density at radius 3 is 1.68 bits per heavy atom. The van der Waals surface area contributed by atoms with Gasteiger partial charge < -0.3 is 23.7 Å². The van der Waals surface area contributed by atoms with Gasteiger partial charge in [-0.05, 0) is 48.4 Å². The summed E-state index contributed by atoms with van der Waals surface area (Å²) in [4.78, 5) is 66.7. The number of methoxy groups -OCH3 is 5. The zero-order valence-electron chi connectivity index (χ0n) is 21.4. The highest BCUT2D eigenvalue weighted by Crippen LogP contribution is 2.77. The van der Waals surface area contributed by atoms with Gasteiger partial charge in [-0.2, -0.15) is 0 Å². The van der Waals surface area contributed by atoms with Crippen LogP contribution in [0.2, 0.25) is 0 Å². The average molecular weight is 515 g/mol. The van der Waals surface area contributed by atoms with E-state index in [2.05, 4.69) is 0 Å². The Kier molecular flexibility index (Phi) is 6.64. The SMILES string of the molecule is COC(=O)C1(C(=O)OC)C[C@H]2C(C(=O)OC)(C(=O)OC)C[C@@H](c3ccc(OC)cc3)[C@]23C=CC(=O)C[C@H]13. The number of carbonyl (C=O) groups is 5. The summed E-state index contributed by atoms with van der Waals surface area (Å²) in [5, 5.41) is 0. The molecule has 0 N–H and O–H groups in total. The minimum atomic E-state index is -1.94. The Hall–Kier alpha value is -3.69. The van der Waals surface area contributed by atoms with Crippen LogP contribution in [0.25, 0.3) is 0 Å². The molecule has 198 valence electrons. The number of carbonyl (C=O) groups excluding carboxylic acids is 5. The van der Waals surface area contributed by atoms with Crippen LogP contribution in [0.4, 0.5) is 0 Å². The second kappa shape index (κ2) is 9.32. The molecule has 0 aromatic heterocycles. The van der Waals surface area contributed by atoms with Crippen LogP contribution in [0.3, 0.4) is 0 Å². The van der Waals surface area contributed by atoms with Crippen molar-refractivity contribution in [2.24, 2.45) is 28.1 Å². The first-order valence-corrected chi connectivity index (χ1v) is 11.8. The molecule has 37 heavy (non-hydrogen) atoms. The van der Waals surface area contributed by atoms with Gasteiger partial charge >= 0.3 is 23.9 Å². The van der Waals surface area contributed by atoms with Gasteiger partial charge in [-0.25, -0.2) is 0 Å². The van der Waals surface area contributed by atoms with E-state index in [0.717, 1.165) is 19.8 Å². The van der Waals surface area contributed by atoms with Crippen molar-refractivity contribution >= 4 is 29.7 Å². The number of benzene rings is 1. The number of ether oxygens (including phenoxy) is 5. The maximum absolute atomic E-state index is 13.5. The smallest absolute Gasteiger partial charge is 0.323 e. The highest BCUT2D eigenvalue weighted by atomic mass is 16.6. The van der Waals surface area contributed by atoms with E-state index in [-0.39, 0.29) is 25.0 Å². The summed E-state index contributed by atoms with van der Waals surface area (Å²) in [6, 6.07) is 7.09. The normalized spacial score (nSPS) is 28.5. The Bertz CT molecular complexity index is 1130. The zero-order chi connectivity index (χ0) is 27.2. The first kappa shape index (κ1) is 26.4. The zero-order valence-corrected chi connectivity index (χ0v) is 21.4. The molecule has 0 unspecified atom stereocenters. The summed E-state index contributed by atoms with van der Waals surface area (Å²) in [6.07, 6.45) is 2.59. The molecule has 10 heteroatoms. The number of ketones is 1. The summed E-state index contributed by atoms with van der Waals surface area (Å²) >= 11 is 0. The van der Waals surface area contributed by atoms with Crippen LogP contribution in [0.15, 0.2) is 36.4 Å². The standard InChI is InChI=1S/C27H30O10/c1-33-17-8-6-15(7-9-17)18-13-26(21(29)34-2,22(30)35-3)20-14-27(23(31)36-4,24(32)37-5)19-12-16(28)10-11-25(18,19)20/h6-11,18-20H,12-14H2,1-5H3/t18-,19-,20+,25-/m0/s1. The molecule has 0 heterocycles. The molecule has 1 aromatic rings. The quantitative estimate of drug-likeness (QED) is 0.315. The monoisotopic (exact) mass is 514 g/mol. The molecule has 0 amide bonds. The van der Waals surface area contributed by atoms with E-state index in [1.54, 1.807) is 30.3 Å². The van der Waals surface area contributed by atoms with Gasteiger partial charge in [0.25, 0.3) is 0 Å². The maximum Gasteiger partial charge on any atom is 0.323 e. The lowest BCUT2D eigenvalue weighted by molar-refractivity contribution is -0.178. The van der Waals surface area contributed by atoms with Crippen molar-refractivity contribution in [1.29, 1.82) is 0 Å². The Morgan fingerprint density at radius 2 is 1.22 bits per heavy atom. The minimum absolute atomic E-state index is 0.0171. The summed E-state index contributed by atoms with van der Waals surface area (Å²) in [5.74, 6) is -5.63. The van der Waals surface area contributed by atoms with Crippen LogP contribution >= 0.6 is 0 Å². The topological polar surface area (TPSA) is 132 Å². The molecule has 10 nitrogen and oxygen atoms in total. The summed E-state index contributed by atoms with van der Waals surface area (Å²) in [5.41, 5.74) is -4.23. The third kappa shape index (κ3) is 3.34. The number of hydrogen-bond acceptors (Lipinski definition) is 10. The van der Waals surface area contributed by atoms with E-state index < -0.39 is 57.9 Å². The van der Waals surface area contributed by atoms with E-state index >= 15 is 0 Å². The maximum atomic E-state index is 13.5. The molecular weight excluding hydrogens is 484 g/mol. The number of hydrogen-bond donors (Lipinski definition) is 0. The van der Waals surface area contributed by atoms with E-state index in [4.69, 9.17) is 23.7 Å². The van der Waals surface area contributed by atoms with Gasteiger partial charge in [-0.1, -0.05) is 18.2 Å². The molecule has 4 rings (SSSR count). The highest BCUT2D eigenvalue weighted by molar-refractivity contribution is 6.06. The fourth-order valence-electron chi connectivity index (χ4n) is 7.28. The lowest BCUT2D eigenvalue weighted by atomic mass is 9.58. The molecule has 0 saturated heterocycles. The fraction of sp³-hybridized carbons (Fsp3) is 0.519. The molecule has 3 aliphatic carbocycles. The van der Waals surface area contributed by atoms with Gasteiger partial charge in [0.15, 0.2) is 16.6 Å². The second-order valence-electron chi connectivity index (χ2n) is 9.75. The van der Waals surface area contributed by atoms with Crippen molar-refractivity contribution in [1.82, 2.24) is 0 Å². The molecule has 1 spiro atoms. The van der Waals surface area contributed by atoms with Gasteiger partial charge in [0, 0.05) is 17.8 Å². The Labute approximate surface area is 214 Å². The predicted octanol–water partition coefficient (Wildman–Crippen LogP) is 2.00. The van der Waals surface area contributed by atoms with Crippen LogP contribution in [-0.2, 0) is 42.9 Å². The van der Waals surface area contributed by atoms with Crippen molar-refractivity contribution in [3.05, 3.63) is 42.0 Å². The summed E-state index contributed by atoms with van der Waals surface area (Å²) in [7, 11) is 6.15. The fourth-order valence-corrected chi connectivity index (χ4v) is 7.28. The lowest BCUT2D eigenvalue weighted by Crippen LogP contribution is -2.50. The van der Waals surface area contributed by atoms with Crippen molar-refractivity contribution in [2.45, 2.75) is 25.2 Å². The van der Waals surface area contributed by atoms with Crippen molar-refractivity contribution in [3.8, 4) is 5.75 Å². The largest absolute Gasteiger partial charge is 0.497 e. The van der Waals surface area contributed by atoms with Crippen LogP contribution < -0.4 is 4.74 Å². The molecule has 4 atom stereocenters. The number of esters is 4. The minimum Gasteiger partial charge on any atom is -0.497 e. The Morgan fingerprint density at radius 1 is 0.730 bits per heavy atom. The van der Waals surface area contributed by atoms with Crippen molar-refractivity contribution in [2.75, 3.05) is 35.5 Å². The molecule has 2 saturated carbocycles. The van der Waals surface area contributed by atoms with Gasteiger partial charge in [-0.15, -0.1) is 0 Å². The second-order valence-corrected chi connectivity index (χ2v) is 9.75.